The SMILES string of the molecule is CCCCCCCCCCCCCC(=O)N[C@@H](CCC(=O)O)C(=O)[O-].CCCCCCCCCCCCCC(=O)N[C@@H](CCC(=O)O)C(=O)[O-].[Zn+2]. The molecule has 0 radical (unpaired) electrons. The summed E-state index contributed by atoms with van der Waals surface area (Å²) in [5, 5.41) is 43.6. The second-order valence-corrected chi connectivity index (χ2v) is 13.3. The van der Waals surface area contributed by atoms with E-state index in [4.69, 9.17) is 10.2 Å². The van der Waals surface area contributed by atoms with E-state index in [0.717, 1.165) is 38.5 Å². The zero-order chi connectivity index (χ0) is 37.8. The monoisotopic (exact) mass is 776 g/mol. The predicted molar refractivity (Wildman–Crippen MR) is 190 cm³/mol. The van der Waals surface area contributed by atoms with Gasteiger partial charge in [-0.1, -0.05) is 142 Å². The van der Waals surface area contributed by atoms with E-state index in [0.29, 0.717) is 0 Å². The molecule has 13 heteroatoms. The van der Waals surface area contributed by atoms with E-state index >= 15 is 0 Å². The van der Waals surface area contributed by atoms with Crippen LogP contribution < -0.4 is 20.8 Å². The number of carbonyl (C=O) groups excluding carboxylic acids is 4. The number of aliphatic carboxylic acids is 4. The molecule has 2 atom stereocenters. The standard InChI is InChI=1S/2C19H35NO5.Zn/c2*1-2-3-4-5-6-7-8-9-10-11-12-13-17(21)20-16(19(24)25)14-15-18(22)23;/h2*16H,2-15H2,1H3,(H,20,21)(H,22,23)(H,24,25);/q;;+2/p-2/t2*16-;/m00./s1. The van der Waals surface area contributed by atoms with E-state index in [1.165, 1.54) is 103 Å². The average molecular weight is 778 g/mol. The number of carboxylic acid groups (broad SMARTS) is 4. The molecule has 0 bridgehead atoms. The van der Waals surface area contributed by atoms with E-state index in [1.807, 2.05) is 0 Å². The van der Waals surface area contributed by atoms with Crippen LogP contribution in [0.15, 0.2) is 0 Å². The van der Waals surface area contributed by atoms with Gasteiger partial charge in [0.15, 0.2) is 0 Å². The minimum atomic E-state index is -1.44. The number of carbonyl (C=O) groups is 6. The summed E-state index contributed by atoms with van der Waals surface area (Å²) in [6, 6.07) is -2.45. The molecule has 0 aromatic heterocycles. The van der Waals surface area contributed by atoms with Gasteiger partial charge in [-0.3, -0.25) is 19.2 Å². The van der Waals surface area contributed by atoms with Gasteiger partial charge < -0.3 is 40.6 Å². The first kappa shape index (κ1) is 52.8. The molecule has 0 aromatic carbocycles. The number of unbranched alkanes of at least 4 members (excludes halogenated alkanes) is 20. The molecule has 0 aliphatic carbocycles. The Balaban J connectivity index is -0.000000886. The van der Waals surface area contributed by atoms with Crippen molar-refractivity contribution in [3.05, 3.63) is 0 Å². The van der Waals surface area contributed by atoms with E-state index < -0.39 is 36.0 Å². The van der Waals surface area contributed by atoms with Gasteiger partial charge in [-0.25, -0.2) is 0 Å². The van der Waals surface area contributed by atoms with Crippen LogP contribution >= 0.6 is 0 Å². The van der Waals surface area contributed by atoms with Gasteiger partial charge in [0.2, 0.25) is 11.8 Å². The molecule has 0 aliphatic rings. The summed E-state index contributed by atoms with van der Waals surface area (Å²) in [6.45, 7) is 4.43. The minimum absolute atomic E-state index is 0. The number of amides is 2. The average Bonchev–Trinajstić information content (AvgIpc) is 3.06. The second kappa shape index (κ2) is 38.7. The number of rotatable bonds is 34. The smallest absolute Gasteiger partial charge is 0.548 e. The van der Waals surface area contributed by atoms with Gasteiger partial charge in [0, 0.05) is 25.7 Å². The van der Waals surface area contributed by atoms with Crippen LogP contribution in [0.3, 0.4) is 0 Å². The van der Waals surface area contributed by atoms with Crippen LogP contribution in [0.25, 0.3) is 0 Å². The fourth-order valence-corrected chi connectivity index (χ4v) is 5.47. The molecule has 0 rings (SSSR count). The topological polar surface area (TPSA) is 213 Å². The summed E-state index contributed by atoms with van der Waals surface area (Å²) in [4.78, 5) is 66.1. The third kappa shape index (κ3) is 40.1. The van der Waals surface area contributed by atoms with Crippen LogP contribution in [0.2, 0.25) is 0 Å². The van der Waals surface area contributed by atoms with Crippen LogP contribution in [0, 0.1) is 0 Å². The molecule has 0 unspecified atom stereocenters. The molecule has 0 spiro atoms. The third-order valence-electron chi connectivity index (χ3n) is 8.55. The zero-order valence-electron chi connectivity index (χ0n) is 31.8. The van der Waals surface area contributed by atoms with Gasteiger partial charge in [-0.2, -0.15) is 0 Å². The Morgan fingerprint density at radius 1 is 0.431 bits per heavy atom. The molecule has 4 N–H and O–H groups in total. The molecule has 12 nitrogen and oxygen atoms in total. The van der Waals surface area contributed by atoms with Crippen LogP contribution in [-0.2, 0) is 48.2 Å². The second-order valence-electron chi connectivity index (χ2n) is 13.3. The van der Waals surface area contributed by atoms with E-state index in [1.54, 1.807) is 0 Å². The third-order valence-corrected chi connectivity index (χ3v) is 8.55. The Bertz CT molecular complexity index is 847. The van der Waals surface area contributed by atoms with Crippen LogP contribution in [0.5, 0.6) is 0 Å². The number of nitrogens with one attached hydrogen (secondary N) is 2. The molecule has 292 valence electrons. The molecule has 0 aliphatic heterocycles. The summed E-state index contributed by atoms with van der Waals surface area (Å²) in [6.07, 6.45) is 25.7. The van der Waals surface area contributed by atoms with Gasteiger partial charge in [-0.15, -0.1) is 0 Å². The molecular weight excluding hydrogens is 710 g/mol. The molecular formula is C38H68N2O10Zn. The maximum absolute atomic E-state index is 11.7. The number of hydrogen-bond acceptors (Lipinski definition) is 8. The Kier molecular flexibility index (Phi) is 40.0. The maximum atomic E-state index is 11.7. The number of carboxylic acids is 4. The van der Waals surface area contributed by atoms with Crippen molar-refractivity contribution in [2.45, 2.75) is 206 Å². The Hall–Kier alpha value is -2.56. The first-order valence-electron chi connectivity index (χ1n) is 19.4. The van der Waals surface area contributed by atoms with Crippen molar-refractivity contribution in [3.8, 4) is 0 Å². The normalized spacial score (nSPS) is 11.6. The minimum Gasteiger partial charge on any atom is -0.548 e. The largest absolute Gasteiger partial charge is 2.00 e. The predicted octanol–water partition coefficient (Wildman–Crippen LogP) is 5.57. The molecule has 0 heterocycles. The summed E-state index contributed by atoms with van der Waals surface area (Å²) >= 11 is 0. The fraction of sp³-hybridized carbons (Fsp3) is 0.842. The van der Waals surface area contributed by atoms with Crippen molar-refractivity contribution in [3.63, 3.8) is 0 Å². The zero-order valence-corrected chi connectivity index (χ0v) is 34.8. The summed E-state index contributed by atoms with van der Waals surface area (Å²) in [7, 11) is 0. The Labute approximate surface area is 319 Å². The Morgan fingerprint density at radius 2 is 0.667 bits per heavy atom. The molecule has 0 fully saturated rings. The summed E-state index contributed by atoms with van der Waals surface area (Å²) in [5.74, 6) is -5.76. The van der Waals surface area contributed by atoms with Gasteiger partial charge in [0.25, 0.3) is 0 Å². The van der Waals surface area contributed by atoms with Gasteiger partial charge in [0.1, 0.15) is 0 Å². The van der Waals surface area contributed by atoms with Gasteiger partial charge >= 0.3 is 31.4 Å². The van der Waals surface area contributed by atoms with Crippen LogP contribution in [0.1, 0.15) is 194 Å². The van der Waals surface area contributed by atoms with E-state index in [-0.39, 0.29) is 69.8 Å². The van der Waals surface area contributed by atoms with Gasteiger partial charge in [-0.05, 0) is 25.7 Å². The fourth-order valence-electron chi connectivity index (χ4n) is 5.47. The molecule has 2 amide bonds. The van der Waals surface area contributed by atoms with Crippen molar-refractivity contribution >= 4 is 35.7 Å². The summed E-state index contributed by atoms with van der Waals surface area (Å²) in [5.41, 5.74) is 0. The first-order chi connectivity index (χ1) is 23.9. The molecule has 0 saturated carbocycles. The van der Waals surface area contributed by atoms with Crippen molar-refractivity contribution in [2.75, 3.05) is 0 Å². The van der Waals surface area contributed by atoms with E-state index in [2.05, 4.69) is 24.5 Å². The van der Waals surface area contributed by atoms with Gasteiger partial charge in [0.05, 0.1) is 24.0 Å². The number of hydrogen-bond donors (Lipinski definition) is 4. The maximum Gasteiger partial charge on any atom is 2.00 e. The van der Waals surface area contributed by atoms with Crippen molar-refractivity contribution < 1.29 is 68.7 Å². The summed E-state index contributed by atoms with van der Waals surface area (Å²) < 4.78 is 0. The quantitative estimate of drug-likeness (QED) is 0.0471. The van der Waals surface area contributed by atoms with Crippen LogP contribution in [-0.4, -0.2) is 58.0 Å². The van der Waals surface area contributed by atoms with Crippen molar-refractivity contribution in [1.29, 1.82) is 0 Å². The van der Waals surface area contributed by atoms with Crippen molar-refractivity contribution in [1.82, 2.24) is 10.6 Å². The molecule has 0 aromatic rings. The molecule has 0 saturated heterocycles. The Morgan fingerprint density at radius 3 is 0.882 bits per heavy atom. The van der Waals surface area contributed by atoms with E-state index in [9.17, 15) is 39.0 Å². The molecule has 51 heavy (non-hydrogen) atoms. The van der Waals surface area contributed by atoms with Crippen LogP contribution in [0.4, 0.5) is 0 Å². The van der Waals surface area contributed by atoms with Crippen molar-refractivity contribution in [2.24, 2.45) is 0 Å². The first-order valence-corrected chi connectivity index (χ1v) is 19.4.